The third kappa shape index (κ3) is 5.78. The maximum absolute atomic E-state index is 2.61. The van der Waals surface area contributed by atoms with Crippen LogP contribution in [0.25, 0.3) is 98.7 Å². The molecule has 350 valence electrons. The van der Waals surface area contributed by atoms with Crippen molar-refractivity contribution in [3.05, 3.63) is 294 Å². The van der Waals surface area contributed by atoms with Gasteiger partial charge in [-0.05, 0) is 169 Å². The minimum Gasteiger partial charge on any atom is -0.310 e. The predicted octanol–water partition coefficient (Wildman–Crippen LogP) is 19.8. The summed E-state index contributed by atoms with van der Waals surface area (Å²) in [5.41, 5.74) is 23.3. The highest BCUT2D eigenvalue weighted by molar-refractivity contribution is 6.26. The summed E-state index contributed by atoms with van der Waals surface area (Å²) < 4.78 is 0. The molecule has 0 N–H and O–H groups in total. The Labute approximate surface area is 437 Å². The lowest BCUT2D eigenvalue weighted by Crippen LogP contribution is -2.26. The van der Waals surface area contributed by atoms with Crippen LogP contribution in [0.2, 0.25) is 0 Å². The summed E-state index contributed by atoms with van der Waals surface area (Å²) in [6.07, 6.45) is 0. The third-order valence-corrected chi connectivity index (χ3v) is 17.4. The quantitative estimate of drug-likeness (QED) is 0.155. The second-order valence-corrected chi connectivity index (χ2v) is 21.5. The fourth-order valence-electron chi connectivity index (χ4n) is 14.1. The molecule has 0 aliphatic heterocycles. The predicted molar refractivity (Wildman–Crippen MR) is 316 cm³/mol. The molecule has 0 amide bonds. The molecule has 0 fully saturated rings. The highest BCUT2D eigenvalue weighted by Gasteiger charge is 2.52. The molecule has 0 saturated carbocycles. The van der Waals surface area contributed by atoms with Crippen molar-refractivity contribution in [2.45, 2.75) is 24.7 Å². The van der Waals surface area contributed by atoms with Gasteiger partial charge in [0, 0.05) is 22.4 Å². The van der Waals surface area contributed by atoms with E-state index in [0.717, 1.165) is 17.1 Å². The first kappa shape index (κ1) is 42.2. The van der Waals surface area contributed by atoms with Crippen molar-refractivity contribution in [1.82, 2.24) is 0 Å². The highest BCUT2D eigenvalue weighted by atomic mass is 15.1. The van der Waals surface area contributed by atoms with Crippen molar-refractivity contribution >= 4 is 60.2 Å². The number of hydrogen-bond donors (Lipinski definition) is 0. The van der Waals surface area contributed by atoms with Gasteiger partial charge in [0.25, 0.3) is 0 Å². The molecular weight excluding hydrogens is 903 g/mol. The van der Waals surface area contributed by atoms with Gasteiger partial charge in [-0.15, -0.1) is 0 Å². The summed E-state index contributed by atoms with van der Waals surface area (Å²) in [5, 5.41) is 10.0. The second kappa shape index (κ2) is 15.6. The number of nitrogens with zero attached hydrogens (tertiary/aromatic N) is 1. The molecule has 3 aliphatic carbocycles. The summed E-state index contributed by atoms with van der Waals surface area (Å²) >= 11 is 0. The number of fused-ring (bicyclic) bond motifs is 20. The summed E-state index contributed by atoms with van der Waals surface area (Å²) in [5.74, 6) is 0. The highest BCUT2D eigenvalue weighted by Crippen LogP contribution is 2.65. The van der Waals surface area contributed by atoms with E-state index in [1.54, 1.807) is 0 Å². The lowest BCUT2D eigenvalue weighted by Gasteiger charge is -2.34. The van der Waals surface area contributed by atoms with E-state index in [9.17, 15) is 0 Å². The van der Waals surface area contributed by atoms with Crippen LogP contribution in [0.1, 0.15) is 47.2 Å². The summed E-state index contributed by atoms with van der Waals surface area (Å²) in [7, 11) is 0. The number of benzene rings is 13. The van der Waals surface area contributed by atoms with Gasteiger partial charge >= 0.3 is 0 Å². The lowest BCUT2D eigenvalue weighted by atomic mass is 9.70. The molecule has 13 aromatic rings. The zero-order chi connectivity index (χ0) is 49.6. The van der Waals surface area contributed by atoms with Crippen LogP contribution in [0.4, 0.5) is 17.1 Å². The molecule has 13 aromatic carbocycles. The molecule has 0 atom stereocenters. The Hall–Kier alpha value is -9.30. The Balaban J connectivity index is 1.04. The van der Waals surface area contributed by atoms with E-state index in [0.29, 0.717) is 0 Å². The minimum atomic E-state index is -0.538. The van der Waals surface area contributed by atoms with Crippen LogP contribution in [0.15, 0.2) is 261 Å². The zero-order valence-corrected chi connectivity index (χ0v) is 41.8. The smallest absolute Gasteiger partial charge is 0.0726 e. The van der Waals surface area contributed by atoms with E-state index in [4.69, 9.17) is 0 Å². The van der Waals surface area contributed by atoms with E-state index < -0.39 is 5.41 Å². The number of anilines is 3. The molecule has 0 unspecified atom stereocenters. The Bertz CT molecular complexity index is 4490. The van der Waals surface area contributed by atoms with Crippen molar-refractivity contribution in [3.63, 3.8) is 0 Å². The van der Waals surface area contributed by atoms with Gasteiger partial charge in [0.15, 0.2) is 0 Å². The van der Waals surface area contributed by atoms with Crippen molar-refractivity contribution in [3.8, 4) is 55.6 Å². The lowest BCUT2D eigenvalue weighted by molar-refractivity contribution is 0.660. The fraction of sp³-hybridized carbons (Fsp3) is 0.0541. The van der Waals surface area contributed by atoms with Crippen LogP contribution in [0.5, 0.6) is 0 Å². The SMILES string of the molecule is CC1(C)c2ccccc2-c2c(-c3cc4c(cc3N(c3ccc(-c5ccc6ccccc6c5)cc3)c3ccc5c6ccccc6c6ccccc6c5c3)C3(c5ccccc5-c5ccccc53)c3ccccc3-4)cccc21. The zero-order valence-electron chi connectivity index (χ0n) is 41.8. The van der Waals surface area contributed by atoms with Crippen LogP contribution in [-0.4, -0.2) is 0 Å². The summed E-state index contributed by atoms with van der Waals surface area (Å²) in [6, 6.07) is 98.8. The molecule has 3 aliphatic rings. The Morgan fingerprint density at radius 1 is 0.267 bits per heavy atom. The molecule has 0 radical (unpaired) electrons. The Kier molecular flexibility index (Phi) is 8.79. The first-order valence-electron chi connectivity index (χ1n) is 26.4. The molecule has 0 heterocycles. The average molecular weight is 952 g/mol. The summed E-state index contributed by atoms with van der Waals surface area (Å²) in [4.78, 5) is 2.58. The normalized spacial score (nSPS) is 13.9. The maximum Gasteiger partial charge on any atom is 0.0726 e. The van der Waals surface area contributed by atoms with Crippen molar-refractivity contribution in [2.75, 3.05) is 4.90 Å². The van der Waals surface area contributed by atoms with E-state index >= 15 is 0 Å². The molecule has 16 rings (SSSR count). The van der Waals surface area contributed by atoms with Crippen molar-refractivity contribution in [2.24, 2.45) is 0 Å². The van der Waals surface area contributed by atoms with Gasteiger partial charge < -0.3 is 4.90 Å². The fourth-order valence-corrected chi connectivity index (χ4v) is 14.1. The van der Waals surface area contributed by atoms with Crippen LogP contribution >= 0.6 is 0 Å². The van der Waals surface area contributed by atoms with Crippen molar-refractivity contribution < 1.29 is 0 Å². The topological polar surface area (TPSA) is 3.24 Å². The monoisotopic (exact) mass is 951 g/mol. The van der Waals surface area contributed by atoms with Gasteiger partial charge in [-0.3, -0.25) is 0 Å². The first-order valence-corrected chi connectivity index (χ1v) is 26.4. The van der Waals surface area contributed by atoms with Gasteiger partial charge in [0.1, 0.15) is 0 Å². The van der Waals surface area contributed by atoms with E-state index in [1.165, 1.54) is 132 Å². The van der Waals surface area contributed by atoms with Crippen molar-refractivity contribution in [1.29, 1.82) is 0 Å². The van der Waals surface area contributed by atoms with Gasteiger partial charge in [-0.25, -0.2) is 0 Å². The van der Waals surface area contributed by atoms with Gasteiger partial charge in [-0.1, -0.05) is 232 Å². The van der Waals surface area contributed by atoms with Crippen LogP contribution < -0.4 is 4.90 Å². The first-order chi connectivity index (χ1) is 37.0. The van der Waals surface area contributed by atoms with Gasteiger partial charge in [0.2, 0.25) is 0 Å². The molecule has 0 bridgehead atoms. The number of rotatable bonds is 5. The Morgan fingerprint density at radius 3 is 1.40 bits per heavy atom. The second-order valence-electron chi connectivity index (χ2n) is 21.5. The molecule has 1 spiro atoms. The molecule has 1 heteroatoms. The summed E-state index contributed by atoms with van der Waals surface area (Å²) in [6.45, 7) is 4.79. The van der Waals surface area contributed by atoms with Gasteiger partial charge in [-0.2, -0.15) is 0 Å². The third-order valence-electron chi connectivity index (χ3n) is 17.4. The molecule has 75 heavy (non-hydrogen) atoms. The average Bonchev–Trinajstić information content (AvgIpc) is 4.22. The standard InChI is InChI=1S/C74H49N/c1-73(2)65-29-13-12-27-61(65)72-60(28-17-33-69(72)73)64-44-63-59-26-11-16-32-68(59)74(66-30-14-9-24-57(66)58-25-10-15-31-67(58)74)70(63)45-71(64)75(50-38-36-47(37-39-50)49-35-34-46-18-3-4-19-48(46)42-49)51-40-41-56-54-22-6-5-20-52(54)53-21-7-8-23-55(53)62(56)43-51/h3-45H,1-2H3. The molecule has 0 aromatic heterocycles. The Morgan fingerprint density at radius 2 is 0.747 bits per heavy atom. The van der Waals surface area contributed by atoms with Crippen LogP contribution in [0.3, 0.4) is 0 Å². The minimum absolute atomic E-state index is 0.173. The van der Waals surface area contributed by atoms with Crippen LogP contribution in [0, 0.1) is 0 Å². The van der Waals surface area contributed by atoms with Crippen LogP contribution in [-0.2, 0) is 10.8 Å². The van der Waals surface area contributed by atoms with E-state index in [2.05, 4.69) is 280 Å². The van der Waals surface area contributed by atoms with E-state index in [1.807, 2.05) is 0 Å². The molecule has 0 saturated heterocycles. The van der Waals surface area contributed by atoms with Gasteiger partial charge in [0.05, 0.1) is 11.1 Å². The largest absolute Gasteiger partial charge is 0.310 e. The van der Waals surface area contributed by atoms with E-state index in [-0.39, 0.29) is 5.41 Å². The maximum atomic E-state index is 2.61. The number of hydrogen-bond acceptors (Lipinski definition) is 1. The molecule has 1 nitrogen and oxygen atoms in total. The molecular formula is C74H49N.